The minimum absolute atomic E-state index is 0.294. The zero-order chi connectivity index (χ0) is 21.8. The summed E-state index contributed by atoms with van der Waals surface area (Å²) in [7, 11) is 6.75. The van der Waals surface area contributed by atoms with E-state index in [0.29, 0.717) is 6.54 Å². The number of alkyl halides is 3. The maximum Gasteiger partial charge on any atom is 0.424 e. The maximum atomic E-state index is 13.5. The molecule has 160 valence electrons. The number of amides is 2. The van der Waals surface area contributed by atoms with Crippen molar-refractivity contribution in [3.63, 3.8) is 0 Å². The molecule has 0 aliphatic rings. The van der Waals surface area contributed by atoms with Crippen molar-refractivity contribution in [3.8, 4) is 0 Å². The Morgan fingerprint density at radius 2 is 1.83 bits per heavy atom. The summed E-state index contributed by atoms with van der Waals surface area (Å²) in [6.07, 6.45) is -3.19. The predicted molar refractivity (Wildman–Crippen MR) is 103 cm³/mol. The van der Waals surface area contributed by atoms with Crippen LogP contribution in [0.15, 0.2) is 36.7 Å². The Bertz CT molecular complexity index is 820. The normalized spacial score (nSPS) is 13.7. The zero-order valence-electron chi connectivity index (χ0n) is 16.9. The number of carbonyl (C=O) groups excluding carboxylic acids is 1. The monoisotopic (exact) mass is 413 g/mol. The van der Waals surface area contributed by atoms with Gasteiger partial charge in [0.05, 0.1) is 0 Å². The predicted octanol–water partition coefficient (Wildman–Crippen LogP) is 2.47. The number of nitrogens with one attached hydrogen (secondary N) is 1. The van der Waals surface area contributed by atoms with Crippen molar-refractivity contribution in [3.05, 3.63) is 48.0 Å². The van der Waals surface area contributed by atoms with Crippen LogP contribution in [0.1, 0.15) is 17.8 Å². The van der Waals surface area contributed by atoms with Crippen LogP contribution in [0, 0.1) is 0 Å². The smallest absolute Gasteiger partial charge is 0.378 e. The SMILES string of the molecule is CN(Cc1ccc(N(C)C)cc1)C(=O)NCCC(O)(c1nccn1C)C(F)(F)F. The van der Waals surface area contributed by atoms with Gasteiger partial charge in [-0.2, -0.15) is 13.2 Å². The molecule has 2 aromatic rings. The summed E-state index contributed by atoms with van der Waals surface area (Å²) in [5.74, 6) is -0.520. The zero-order valence-corrected chi connectivity index (χ0v) is 16.9. The Balaban J connectivity index is 1.95. The van der Waals surface area contributed by atoms with E-state index in [9.17, 15) is 23.1 Å². The molecular formula is C19H26F3N5O2. The van der Waals surface area contributed by atoms with Crippen LogP contribution in [0.5, 0.6) is 0 Å². The molecule has 2 rings (SSSR count). The first-order chi connectivity index (χ1) is 13.5. The Hall–Kier alpha value is -2.75. The van der Waals surface area contributed by atoms with Gasteiger partial charge >= 0.3 is 12.2 Å². The number of halogens is 3. The summed E-state index contributed by atoms with van der Waals surface area (Å²) in [5, 5.41) is 12.7. The third-order valence-electron chi connectivity index (χ3n) is 4.64. The largest absolute Gasteiger partial charge is 0.424 e. The second-order valence-electron chi connectivity index (χ2n) is 7.12. The van der Waals surface area contributed by atoms with E-state index < -0.39 is 30.1 Å². The third kappa shape index (κ3) is 5.20. The summed E-state index contributed by atoms with van der Waals surface area (Å²) in [4.78, 5) is 19.2. The van der Waals surface area contributed by atoms with E-state index in [4.69, 9.17) is 0 Å². The second-order valence-corrected chi connectivity index (χ2v) is 7.12. The van der Waals surface area contributed by atoms with E-state index in [1.165, 1.54) is 24.3 Å². The number of aliphatic hydroxyl groups is 1. The molecule has 0 spiro atoms. The van der Waals surface area contributed by atoms with Crippen LogP contribution < -0.4 is 10.2 Å². The van der Waals surface area contributed by atoms with Crippen LogP contribution in [-0.2, 0) is 19.2 Å². The van der Waals surface area contributed by atoms with E-state index in [1.807, 2.05) is 43.3 Å². The molecule has 2 amide bonds. The van der Waals surface area contributed by atoms with E-state index in [2.05, 4.69) is 10.3 Å². The number of benzene rings is 1. The van der Waals surface area contributed by atoms with Gasteiger partial charge in [0.1, 0.15) is 5.82 Å². The van der Waals surface area contributed by atoms with Crippen LogP contribution in [0.2, 0.25) is 0 Å². The quantitative estimate of drug-likeness (QED) is 0.732. The van der Waals surface area contributed by atoms with E-state index in [0.717, 1.165) is 15.8 Å². The van der Waals surface area contributed by atoms with Gasteiger partial charge in [-0.15, -0.1) is 0 Å². The minimum atomic E-state index is -4.93. The third-order valence-corrected chi connectivity index (χ3v) is 4.64. The van der Waals surface area contributed by atoms with Gasteiger partial charge < -0.3 is 24.8 Å². The van der Waals surface area contributed by atoms with Crippen molar-refractivity contribution in [1.82, 2.24) is 19.8 Å². The molecule has 0 fully saturated rings. The number of nitrogens with zero attached hydrogens (tertiary/aromatic N) is 4. The highest BCUT2D eigenvalue weighted by Crippen LogP contribution is 2.40. The minimum Gasteiger partial charge on any atom is -0.378 e. The fraction of sp³-hybridized carbons (Fsp3) is 0.474. The van der Waals surface area contributed by atoms with Gasteiger partial charge in [0, 0.05) is 65.8 Å². The molecule has 0 radical (unpaired) electrons. The van der Waals surface area contributed by atoms with Crippen molar-refractivity contribution in [2.24, 2.45) is 7.05 Å². The van der Waals surface area contributed by atoms with Gasteiger partial charge in [0.2, 0.25) is 5.60 Å². The van der Waals surface area contributed by atoms with Crippen LogP contribution >= 0.6 is 0 Å². The fourth-order valence-corrected chi connectivity index (χ4v) is 2.87. The molecule has 29 heavy (non-hydrogen) atoms. The van der Waals surface area contributed by atoms with Crippen molar-refractivity contribution >= 4 is 11.7 Å². The van der Waals surface area contributed by atoms with Crippen molar-refractivity contribution in [2.75, 3.05) is 32.6 Å². The number of aromatic nitrogens is 2. The number of rotatable bonds is 7. The summed E-state index contributed by atoms with van der Waals surface area (Å²) in [6, 6.07) is 7.05. The molecule has 7 nitrogen and oxygen atoms in total. The van der Waals surface area contributed by atoms with E-state index >= 15 is 0 Å². The molecule has 10 heteroatoms. The summed E-state index contributed by atoms with van der Waals surface area (Å²) >= 11 is 0. The number of hydrogen-bond donors (Lipinski definition) is 2. The molecule has 0 saturated heterocycles. The molecular weight excluding hydrogens is 387 g/mol. The topological polar surface area (TPSA) is 73.6 Å². The number of aryl methyl sites for hydroxylation is 1. The summed E-state index contributed by atoms with van der Waals surface area (Å²) < 4.78 is 41.5. The lowest BCUT2D eigenvalue weighted by atomic mass is 9.97. The molecule has 1 aromatic heterocycles. The van der Waals surface area contributed by atoms with Crippen LogP contribution in [0.3, 0.4) is 0 Å². The maximum absolute atomic E-state index is 13.5. The lowest BCUT2D eigenvalue weighted by Crippen LogP contribution is -2.47. The number of imidazole rings is 1. The summed E-state index contributed by atoms with van der Waals surface area (Å²) in [6.45, 7) is -0.0753. The summed E-state index contributed by atoms with van der Waals surface area (Å²) in [5.41, 5.74) is -1.26. The molecule has 1 atom stereocenters. The average Bonchev–Trinajstić information content (AvgIpc) is 3.07. The van der Waals surface area contributed by atoms with Gasteiger partial charge in [-0.1, -0.05) is 12.1 Å². The Morgan fingerprint density at radius 3 is 2.31 bits per heavy atom. The van der Waals surface area contributed by atoms with Gasteiger partial charge in [0.15, 0.2) is 0 Å². The van der Waals surface area contributed by atoms with Crippen molar-refractivity contribution in [1.29, 1.82) is 0 Å². The number of urea groups is 1. The first-order valence-corrected chi connectivity index (χ1v) is 8.98. The lowest BCUT2D eigenvalue weighted by molar-refractivity contribution is -0.272. The highest BCUT2D eigenvalue weighted by molar-refractivity contribution is 5.73. The Morgan fingerprint density at radius 1 is 1.21 bits per heavy atom. The van der Waals surface area contributed by atoms with Gasteiger partial charge in [-0.05, 0) is 17.7 Å². The highest BCUT2D eigenvalue weighted by atomic mass is 19.4. The number of anilines is 1. The second kappa shape index (κ2) is 8.73. The molecule has 1 aromatic carbocycles. The molecule has 0 aliphatic heterocycles. The van der Waals surface area contributed by atoms with Gasteiger partial charge in [-0.3, -0.25) is 0 Å². The van der Waals surface area contributed by atoms with E-state index in [1.54, 1.807) is 7.05 Å². The molecule has 1 heterocycles. The van der Waals surface area contributed by atoms with Crippen molar-refractivity contribution < 1.29 is 23.1 Å². The standard InChI is InChI=1S/C19H26F3N5O2/c1-25(2)15-7-5-14(6-8-15)13-27(4)17(28)24-10-9-18(29,19(20,21)22)16-23-11-12-26(16)3/h5-8,11-12,29H,9-10,13H2,1-4H3,(H,24,28). The first-order valence-electron chi connectivity index (χ1n) is 8.98. The van der Waals surface area contributed by atoms with Crippen LogP contribution in [0.25, 0.3) is 0 Å². The molecule has 0 aliphatic carbocycles. The fourth-order valence-electron chi connectivity index (χ4n) is 2.87. The lowest BCUT2D eigenvalue weighted by Gasteiger charge is -2.30. The van der Waals surface area contributed by atoms with Gasteiger partial charge in [-0.25, -0.2) is 9.78 Å². The molecule has 0 saturated carbocycles. The van der Waals surface area contributed by atoms with Crippen LogP contribution in [-0.4, -0.2) is 59.5 Å². The average molecular weight is 413 g/mol. The number of hydrogen-bond acceptors (Lipinski definition) is 4. The van der Waals surface area contributed by atoms with Gasteiger partial charge in [0.25, 0.3) is 0 Å². The Labute approximate surface area is 167 Å². The first kappa shape index (κ1) is 22.5. The molecule has 1 unspecified atom stereocenters. The van der Waals surface area contributed by atoms with E-state index in [-0.39, 0.29) is 6.54 Å². The Kier molecular flexibility index (Phi) is 6.78. The highest BCUT2D eigenvalue weighted by Gasteiger charge is 2.57. The van der Waals surface area contributed by atoms with Crippen molar-refractivity contribution in [2.45, 2.75) is 24.7 Å². The number of carbonyl (C=O) groups is 1. The molecule has 0 bridgehead atoms. The van der Waals surface area contributed by atoms with Crippen LogP contribution in [0.4, 0.5) is 23.7 Å². The molecule has 2 N–H and O–H groups in total.